The number of aliphatic hydroxyl groups is 2. The summed E-state index contributed by atoms with van der Waals surface area (Å²) < 4.78 is 21.1. The van der Waals surface area contributed by atoms with Gasteiger partial charge in [0.05, 0.1) is 12.9 Å². The molecule has 1 amide bonds. The first-order valence-corrected chi connectivity index (χ1v) is 13.5. The Kier molecular flexibility index (Phi) is 6.24. The summed E-state index contributed by atoms with van der Waals surface area (Å²) in [5, 5.41) is 17.9. The Labute approximate surface area is 188 Å². The first-order valence-electron chi connectivity index (χ1n) is 11.0. The van der Waals surface area contributed by atoms with Gasteiger partial charge in [-0.05, 0) is 18.1 Å². The van der Waals surface area contributed by atoms with Gasteiger partial charge in [-0.1, -0.05) is 34.6 Å². The largest absolute Gasteiger partial charge is 0.407 e. The molecule has 1 fully saturated rings. The maximum absolute atomic E-state index is 12.6. The minimum Gasteiger partial charge on any atom is -0.407 e. The number of carbonyl (C=O) groups excluding carboxylic acids is 1. The summed E-state index contributed by atoms with van der Waals surface area (Å²) in [7, 11) is -2.35. The van der Waals surface area contributed by atoms with Gasteiger partial charge in [-0.3, -0.25) is 24.5 Å². The highest BCUT2D eigenvalue weighted by Gasteiger charge is 2.50. The molecule has 178 valence electrons. The van der Waals surface area contributed by atoms with Crippen molar-refractivity contribution in [2.75, 3.05) is 11.9 Å². The molecule has 3 heterocycles. The molecule has 0 saturated carbocycles. The zero-order chi connectivity index (χ0) is 24.7. The number of hydrogen-bond acceptors (Lipinski definition) is 8. The number of fused-ring (bicyclic) bond motifs is 1. The van der Waals surface area contributed by atoms with Gasteiger partial charge in [0.2, 0.25) is 13.3 Å². The van der Waals surface area contributed by atoms with E-state index >= 15 is 0 Å². The molecule has 2 aromatic heterocycles. The van der Waals surface area contributed by atoms with Crippen LogP contribution in [0.1, 0.15) is 40.8 Å². The summed E-state index contributed by atoms with van der Waals surface area (Å²) >= 11 is 0. The standard InChI is InChI=1S/C20H33N5O6Si/c1-10(2)16(28)23-19-22-15-12(17(29)24-19)21-9-25(15)18-14(13(27)11(8-26)30-18)31-32(6,7)20(3,4)5/h9-11,13-14,18,26-27H,8H2,1-7H3,(H2,22,23,24,28,29)/t11-,13?,14+,18-/m1/s1/i26D. The Balaban J connectivity index is 2.05. The highest BCUT2D eigenvalue weighted by atomic mass is 28.4. The molecule has 0 aromatic carbocycles. The van der Waals surface area contributed by atoms with Gasteiger partial charge in [-0.2, -0.15) is 4.98 Å². The number of rotatable bonds is 7. The van der Waals surface area contributed by atoms with Gasteiger partial charge in [-0.25, -0.2) is 4.98 Å². The summed E-state index contributed by atoms with van der Waals surface area (Å²) in [6, 6.07) is 0. The number of aromatic amines is 1. The average Bonchev–Trinajstić information content (AvgIpc) is 3.24. The fourth-order valence-corrected chi connectivity index (χ4v) is 4.45. The van der Waals surface area contributed by atoms with Gasteiger partial charge in [0.15, 0.2) is 25.7 Å². The Morgan fingerprint density at radius 2 is 2.16 bits per heavy atom. The lowest BCUT2D eigenvalue weighted by molar-refractivity contribution is -0.118. The van der Waals surface area contributed by atoms with Crippen molar-refractivity contribution in [1.82, 2.24) is 19.5 Å². The van der Waals surface area contributed by atoms with Crippen molar-refractivity contribution < 1.29 is 24.2 Å². The van der Waals surface area contributed by atoms with E-state index in [-0.39, 0.29) is 40.6 Å². The molecule has 0 bridgehead atoms. The monoisotopic (exact) mass is 468 g/mol. The number of amides is 1. The Bertz CT molecular complexity index is 1070. The Morgan fingerprint density at radius 3 is 2.75 bits per heavy atom. The summed E-state index contributed by atoms with van der Waals surface area (Å²) in [6.07, 6.45) is -2.18. The molecular formula is C20H33N5O6Si. The minimum absolute atomic E-state index is 0.0144. The van der Waals surface area contributed by atoms with Crippen LogP contribution < -0.4 is 10.9 Å². The number of ether oxygens (including phenoxy) is 1. The van der Waals surface area contributed by atoms with Gasteiger partial charge in [-0.15, -0.1) is 0 Å². The van der Waals surface area contributed by atoms with Crippen LogP contribution in [-0.2, 0) is 14.0 Å². The van der Waals surface area contributed by atoms with Crippen molar-refractivity contribution in [3.8, 4) is 0 Å². The van der Waals surface area contributed by atoms with Gasteiger partial charge in [0, 0.05) is 5.92 Å². The second kappa shape index (κ2) is 8.67. The van der Waals surface area contributed by atoms with E-state index in [1.165, 1.54) is 10.9 Å². The molecule has 32 heavy (non-hydrogen) atoms. The highest BCUT2D eigenvalue weighted by Crippen LogP contribution is 2.42. The SMILES string of the molecule is [2H]OC[C@H]1O[C@@H](n2cnc3c(=O)[nH]c(NC(=O)C(C)C)nc32)[C@@H](O[Si](C)(C)C(C)(C)C)C1O. The van der Waals surface area contributed by atoms with Gasteiger partial charge < -0.3 is 19.4 Å². The number of nitrogens with zero attached hydrogens (tertiary/aromatic N) is 3. The number of carbonyl (C=O) groups is 1. The smallest absolute Gasteiger partial charge is 0.280 e. The lowest BCUT2D eigenvalue weighted by Crippen LogP contribution is -2.48. The topological polar surface area (TPSA) is 152 Å². The maximum atomic E-state index is 12.6. The number of anilines is 1. The fourth-order valence-electron chi connectivity index (χ4n) is 3.16. The summed E-state index contributed by atoms with van der Waals surface area (Å²) in [4.78, 5) is 35.7. The van der Waals surface area contributed by atoms with Crippen LogP contribution in [0, 0.1) is 5.92 Å². The summed E-state index contributed by atoms with van der Waals surface area (Å²) in [5.41, 5.74) is -0.294. The van der Waals surface area contributed by atoms with Crippen LogP contribution in [0.5, 0.6) is 0 Å². The molecule has 1 aliphatic heterocycles. The maximum Gasteiger partial charge on any atom is 0.280 e. The van der Waals surface area contributed by atoms with Crippen LogP contribution in [0.4, 0.5) is 5.95 Å². The van der Waals surface area contributed by atoms with E-state index in [1.807, 2.05) is 0 Å². The van der Waals surface area contributed by atoms with Crippen molar-refractivity contribution >= 4 is 31.3 Å². The third kappa shape index (κ3) is 4.50. The predicted molar refractivity (Wildman–Crippen MR) is 121 cm³/mol. The van der Waals surface area contributed by atoms with Crippen LogP contribution in [-0.4, -0.2) is 70.3 Å². The molecule has 2 aromatic rings. The predicted octanol–water partition coefficient (Wildman–Crippen LogP) is 1.36. The number of H-pyrrole nitrogens is 1. The van der Waals surface area contributed by atoms with Gasteiger partial charge >= 0.3 is 0 Å². The first-order chi connectivity index (χ1) is 15.3. The quantitative estimate of drug-likeness (QED) is 0.445. The zero-order valence-electron chi connectivity index (χ0n) is 20.5. The van der Waals surface area contributed by atoms with Crippen LogP contribution in [0.15, 0.2) is 11.1 Å². The molecule has 0 radical (unpaired) electrons. The lowest BCUT2D eigenvalue weighted by Gasteiger charge is -2.40. The Hall–Kier alpha value is -2.12. The van der Waals surface area contributed by atoms with Crippen molar-refractivity contribution in [2.45, 2.75) is 77.3 Å². The van der Waals surface area contributed by atoms with Crippen LogP contribution >= 0.6 is 0 Å². The Morgan fingerprint density at radius 1 is 1.47 bits per heavy atom. The lowest BCUT2D eigenvalue weighted by atomic mass is 10.1. The normalized spacial score (nSPS) is 24.8. The van der Waals surface area contributed by atoms with Gasteiger partial charge in [0.25, 0.3) is 5.56 Å². The molecule has 11 nitrogen and oxygen atoms in total. The molecule has 0 aliphatic carbocycles. The van der Waals surface area contributed by atoms with Crippen molar-refractivity contribution in [3.05, 3.63) is 16.7 Å². The van der Waals surface area contributed by atoms with Gasteiger partial charge in [0.1, 0.15) is 18.3 Å². The van der Waals surface area contributed by atoms with Crippen molar-refractivity contribution in [3.63, 3.8) is 0 Å². The van der Waals surface area contributed by atoms with E-state index < -0.39 is 38.4 Å². The van der Waals surface area contributed by atoms with Crippen LogP contribution in [0.25, 0.3) is 11.2 Å². The summed E-state index contributed by atoms with van der Waals surface area (Å²) in [5.74, 6) is -0.625. The highest BCUT2D eigenvalue weighted by molar-refractivity contribution is 6.74. The van der Waals surface area contributed by atoms with E-state index in [0.29, 0.717) is 0 Å². The third-order valence-electron chi connectivity index (χ3n) is 6.19. The van der Waals surface area contributed by atoms with E-state index in [2.05, 4.69) is 59.2 Å². The second-order valence-electron chi connectivity index (χ2n) is 9.95. The molecule has 4 N–H and O–H groups in total. The van der Waals surface area contributed by atoms with Crippen molar-refractivity contribution in [2.24, 2.45) is 5.92 Å². The number of hydrogen-bond donors (Lipinski definition) is 4. The van der Waals surface area contributed by atoms with E-state index in [0.717, 1.165) is 0 Å². The number of aliphatic hydroxyl groups excluding tert-OH is 2. The molecular weight excluding hydrogens is 434 g/mol. The molecule has 1 aliphatic rings. The second-order valence-corrected chi connectivity index (χ2v) is 14.7. The number of nitrogens with one attached hydrogen (secondary N) is 2. The molecule has 3 rings (SSSR count). The van der Waals surface area contributed by atoms with E-state index in [4.69, 9.17) is 10.6 Å². The fraction of sp³-hybridized carbons (Fsp3) is 0.700. The molecule has 12 heteroatoms. The molecule has 1 unspecified atom stereocenters. The minimum atomic E-state index is -2.35. The first kappa shape index (κ1) is 23.0. The summed E-state index contributed by atoms with van der Waals surface area (Å²) in [6.45, 7) is 13.6. The molecule has 1 saturated heterocycles. The average molecular weight is 469 g/mol. The van der Waals surface area contributed by atoms with E-state index in [9.17, 15) is 14.7 Å². The van der Waals surface area contributed by atoms with Crippen molar-refractivity contribution in [1.29, 1.82) is 1.43 Å². The van der Waals surface area contributed by atoms with E-state index in [1.54, 1.807) is 13.8 Å². The zero-order valence-corrected chi connectivity index (χ0v) is 20.5. The van der Waals surface area contributed by atoms with Crippen LogP contribution in [0.2, 0.25) is 18.1 Å². The number of aromatic nitrogens is 4. The molecule has 4 atom stereocenters. The molecule has 0 spiro atoms. The third-order valence-corrected chi connectivity index (χ3v) is 10.7. The number of imidazole rings is 1. The van der Waals surface area contributed by atoms with Crippen LogP contribution in [0.3, 0.4) is 0 Å².